The van der Waals surface area contributed by atoms with Gasteiger partial charge in [-0.1, -0.05) is 12.1 Å². The van der Waals surface area contributed by atoms with Crippen LogP contribution in [0.3, 0.4) is 0 Å². The first-order valence-corrected chi connectivity index (χ1v) is 6.32. The van der Waals surface area contributed by atoms with Gasteiger partial charge in [-0.15, -0.1) is 0 Å². The summed E-state index contributed by atoms with van der Waals surface area (Å²) in [6, 6.07) is 5.65. The first kappa shape index (κ1) is 13.3. The molecular formula is C14H20FNO2. The molecule has 0 radical (unpaired) electrons. The largest absolute Gasteiger partial charge is 0.494 e. The second kappa shape index (κ2) is 6.16. The minimum absolute atomic E-state index is 0.270. The summed E-state index contributed by atoms with van der Waals surface area (Å²) in [4.78, 5) is 0. The fraction of sp³-hybridized carbons (Fsp3) is 0.571. The van der Waals surface area contributed by atoms with Crippen molar-refractivity contribution in [3.8, 4) is 5.75 Å². The SMILES string of the molecule is COc1cccc(CNC2CCC(OC)C2)c1F. The summed E-state index contributed by atoms with van der Waals surface area (Å²) in [5, 5.41) is 3.38. The fourth-order valence-corrected chi connectivity index (χ4v) is 2.44. The van der Waals surface area contributed by atoms with Crippen LogP contribution in [0, 0.1) is 5.82 Å². The number of nitrogens with one attached hydrogen (secondary N) is 1. The van der Waals surface area contributed by atoms with Crippen LogP contribution in [-0.2, 0) is 11.3 Å². The summed E-state index contributed by atoms with van der Waals surface area (Å²) in [7, 11) is 3.23. The van der Waals surface area contributed by atoms with Gasteiger partial charge in [0.1, 0.15) is 0 Å². The Bertz CT molecular complexity index is 397. The van der Waals surface area contributed by atoms with Crippen LogP contribution in [0.4, 0.5) is 4.39 Å². The van der Waals surface area contributed by atoms with Crippen molar-refractivity contribution in [1.82, 2.24) is 5.32 Å². The van der Waals surface area contributed by atoms with Crippen LogP contribution in [0.5, 0.6) is 5.75 Å². The Morgan fingerprint density at radius 1 is 1.33 bits per heavy atom. The molecular weight excluding hydrogens is 233 g/mol. The molecule has 1 aromatic carbocycles. The average molecular weight is 253 g/mol. The quantitative estimate of drug-likeness (QED) is 0.874. The van der Waals surface area contributed by atoms with Crippen molar-refractivity contribution in [3.05, 3.63) is 29.6 Å². The van der Waals surface area contributed by atoms with Crippen molar-refractivity contribution in [3.63, 3.8) is 0 Å². The van der Waals surface area contributed by atoms with Gasteiger partial charge in [0.2, 0.25) is 0 Å². The third-order valence-corrected chi connectivity index (χ3v) is 3.56. The lowest BCUT2D eigenvalue weighted by Gasteiger charge is -2.14. The predicted octanol–water partition coefficient (Wildman–Crippen LogP) is 2.49. The van der Waals surface area contributed by atoms with Crippen molar-refractivity contribution in [1.29, 1.82) is 0 Å². The Hall–Kier alpha value is -1.13. The van der Waals surface area contributed by atoms with E-state index >= 15 is 0 Å². The Morgan fingerprint density at radius 2 is 2.17 bits per heavy atom. The molecule has 100 valence electrons. The molecule has 0 aromatic heterocycles. The van der Waals surface area contributed by atoms with E-state index in [0.29, 0.717) is 30.0 Å². The van der Waals surface area contributed by atoms with Gasteiger partial charge in [0, 0.05) is 25.3 Å². The summed E-state index contributed by atoms with van der Waals surface area (Å²) >= 11 is 0. The molecule has 1 saturated carbocycles. The predicted molar refractivity (Wildman–Crippen MR) is 68.2 cm³/mol. The van der Waals surface area contributed by atoms with Crippen LogP contribution in [0.1, 0.15) is 24.8 Å². The highest BCUT2D eigenvalue weighted by atomic mass is 19.1. The van der Waals surface area contributed by atoms with Crippen molar-refractivity contribution in [2.24, 2.45) is 0 Å². The molecule has 3 nitrogen and oxygen atoms in total. The zero-order valence-corrected chi connectivity index (χ0v) is 10.9. The molecule has 1 fully saturated rings. The minimum atomic E-state index is -0.270. The highest BCUT2D eigenvalue weighted by Gasteiger charge is 2.24. The lowest BCUT2D eigenvalue weighted by atomic mass is 10.1. The fourth-order valence-electron chi connectivity index (χ4n) is 2.44. The van der Waals surface area contributed by atoms with E-state index in [2.05, 4.69) is 5.32 Å². The number of methoxy groups -OCH3 is 2. The maximum atomic E-state index is 13.9. The van der Waals surface area contributed by atoms with E-state index in [-0.39, 0.29) is 5.82 Å². The van der Waals surface area contributed by atoms with Crippen LogP contribution < -0.4 is 10.1 Å². The summed E-state index contributed by atoms with van der Waals surface area (Å²) in [6.07, 6.45) is 3.51. The molecule has 0 bridgehead atoms. The third kappa shape index (κ3) is 3.00. The summed E-state index contributed by atoms with van der Waals surface area (Å²) in [5.41, 5.74) is 0.648. The third-order valence-electron chi connectivity index (χ3n) is 3.56. The van der Waals surface area contributed by atoms with Gasteiger partial charge in [0.25, 0.3) is 0 Å². The van der Waals surface area contributed by atoms with Crippen molar-refractivity contribution < 1.29 is 13.9 Å². The summed E-state index contributed by atoms with van der Waals surface area (Å²) in [6.45, 7) is 0.532. The maximum Gasteiger partial charge on any atom is 0.169 e. The van der Waals surface area contributed by atoms with Gasteiger partial charge in [-0.05, 0) is 25.3 Å². The number of hydrogen-bond acceptors (Lipinski definition) is 3. The van der Waals surface area contributed by atoms with Crippen LogP contribution in [0.2, 0.25) is 0 Å². The Kier molecular flexibility index (Phi) is 4.55. The maximum absolute atomic E-state index is 13.9. The van der Waals surface area contributed by atoms with Gasteiger partial charge in [-0.25, -0.2) is 4.39 Å². The summed E-state index contributed by atoms with van der Waals surface area (Å²) in [5.74, 6) is 0.0317. The molecule has 1 aromatic rings. The summed E-state index contributed by atoms with van der Waals surface area (Å²) < 4.78 is 24.2. The molecule has 2 rings (SSSR count). The standard InChI is InChI=1S/C14H20FNO2/c1-17-12-7-6-11(8-12)16-9-10-4-3-5-13(18-2)14(10)15/h3-5,11-12,16H,6-9H2,1-2H3. The van der Waals surface area contributed by atoms with E-state index in [0.717, 1.165) is 19.3 Å². The molecule has 2 atom stereocenters. The highest BCUT2D eigenvalue weighted by molar-refractivity contribution is 5.30. The normalized spacial score (nSPS) is 23.3. The smallest absolute Gasteiger partial charge is 0.169 e. The molecule has 1 N–H and O–H groups in total. The number of rotatable bonds is 5. The molecule has 4 heteroatoms. The zero-order chi connectivity index (χ0) is 13.0. The van der Waals surface area contributed by atoms with Crippen molar-refractivity contribution in [2.45, 2.75) is 38.0 Å². The second-order valence-corrected chi connectivity index (χ2v) is 4.68. The molecule has 0 saturated heterocycles. The van der Waals surface area contributed by atoms with Crippen molar-refractivity contribution >= 4 is 0 Å². The Labute approximate surface area is 107 Å². The lowest BCUT2D eigenvalue weighted by molar-refractivity contribution is 0.107. The van der Waals surface area contributed by atoms with Gasteiger partial charge in [0.05, 0.1) is 13.2 Å². The van der Waals surface area contributed by atoms with Crippen LogP contribution in [0.25, 0.3) is 0 Å². The van der Waals surface area contributed by atoms with Gasteiger partial charge in [-0.2, -0.15) is 0 Å². The minimum Gasteiger partial charge on any atom is -0.494 e. The molecule has 0 aliphatic heterocycles. The first-order chi connectivity index (χ1) is 8.74. The lowest BCUT2D eigenvalue weighted by Crippen LogP contribution is -2.27. The van der Waals surface area contributed by atoms with Gasteiger partial charge < -0.3 is 14.8 Å². The monoisotopic (exact) mass is 253 g/mol. The molecule has 0 spiro atoms. The van der Waals surface area contributed by atoms with Crippen LogP contribution >= 0.6 is 0 Å². The van der Waals surface area contributed by atoms with Gasteiger partial charge >= 0.3 is 0 Å². The Morgan fingerprint density at radius 3 is 2.83 bits per heavy atom. The molecule has 1 aliphatic rings. The number of ether oxygens (including phenoxy) is 2. The van der Waals surface area contributed by atoms with E-state index in [1.165, 1.54) is 7.11 Å². The van der Waals surface area contributed by atoms with E-state index in [1.807, 2.05) is 6.07 Å². The number of benzene rings is 1. The van der Waals surface area contributed by atoms with Crippen LogP contribution in [0.15, 0.2) is 18.2 Å². The number of halogens is 1. The molecule has 0 heterocycles. The van der Waals surface area contributed by atoms with Crippen molar-refractivity contribution in [2.75, 3.05) is 14.2 Å². The van der Waals surface area contributed by atoms with E-state index in [9.17, 15) is 4.39 Å². The van der Waals surface area contributed by atoms with E-state index < -0.39 is 0 Å². The van der Waals surface area contributed by atoms with Gasteiger partial charge in [-0.3, -0.25) is 0 Å². The van der Waals surface area contributed by atoms with E-state index in [4.69, 9.17) is 9.47 Å². The second-order valence-electron chi connectivity index (χ2n) is 4.68. The zero-order valence-electron chi connectivity index (χ0n) is 10.9. The molecule has 1 aliphatic carbocycles. The molecule has 2 unspecified atom stereocenters. The number of hydrogen-bond donors (Lipinski definition) is 1. The first-order valence-electron chi connectivity index (χ1n) is 6.32. The average Bonchev–Trinajstić information content (AvgIpc) is 2.85. The van der Waals surface area contributed by atoms with Crippen LogP contribution in [-0.4, -0.2) is 26.4 Å². The van der Waals surface area contributed by atoms with Gasteiger partial charge in [0.15, 0.2) is 11.6 Å². The highest BCUT2D eigenvalue weighted by Crippen LogP contribution is 2.23. The Balaban J connectivity index is 1.91. The molecule has 0 amide bonds. The topological polar surface area (TPSA) is 30.5 Å². The van der Waals surface area contributed by atoms with E-state index in [1.54, 1.807) is 19.2 Å². The molecule has 18 heavy (non-hydrogen) atoms.